The summed E-state index contributed by atoms with van der Waals surface area (Å²) in [5.74, 6) is -0.926. The van der Waals surface area contributed by atoms with Gasteiger partial charge in [0, 0.05) is 17.5 Å². The van der Waals surface area contributed by atoms with Crippen LogP contribution in [0.3, 0.4) is 0 Å². The average Bonchev–Trinajstić information content (AvgIpc) is 3.09. The molecule has 2 saturated heterocycles. The highest BCUT2D eigenvalue weighted by atomic mass is 16.7. The lowest BCUT2D eigenvalue weighted by Gasteiger charge is -2.50. The van der Waals surface area contributed by atoms with Crippen molar-refractivity contribution in [1.82, 2.24) is 0 Å². The Bertz CT molecular complexity index is 662. The lowest BCUT2D eigenvalue weighted by Crippen LogP contribution is -2.56. The maximum atomic E-state index is 12.9. The van der Waals surface area contributed by atoms with Gasteiger partial charge in [-0.3, -0.25) is 0 Å². The van der Waals surface area contributed by atoms with Gasteiger partial charge in [0.1, 0.15) is 12.1 Å². The van der Waals surface area contributed by atoms with Gasteiger partial charge in [-0.25, -0.2) is 0 Å². The Labute approximate surface area is 149 Å². The molecule has 0 saturated carbocycles. The standard InChI is InChI=1S/C21H25NO3/c1-22(23)15-9-8-14-19(22)20-16-24-21(25-20,17-10-4-2-5-11-17)18-12-6-3-7-13-18/h2-7,10-13,19-20H,8-9,14-16H2,1H3/t19?,20-,22?/m1/s1. The van der Waals surface area contributed by atoms with E-state index < -0.39 is 5.79 Å². The van der Waals surface area contributed by atoms with E-state index >= 15 is 0 Å². The van der Waals surface area contributed by atoms with Crippen LogP contribution < -0.4 is 0 Å². The summed E-state index contributed by atoms with van der Waals surface area (Å²) >= 11 is 0. The van der Waals surface area contributed by atoms with Crippen molar-refractivity contribution in [2.24, 2.45) is 0 Å². The number of ether oxygens (including phenoxy) is 2. The third-order valence-corrected chi connectivity index (χ3v) is 5.56. The SMILES string of the molecule is C[N+]1([O-])CCCCC1[C@H]1COC(c2ccccc2)(c2ccccc2)O1. The topological polar surface area (TPSA) is 41.5 Å². The van der Waals surface area contributed by atoms with E-state index in [1.807, 2.05) is 60.7 Å². The molecule has 0 aromatic heterocycles. The second-order valence-electron chi connectivity index (χ2n) is 7.28. The minimum absolute atomic E-state index is 0.0666. The molecule has 0 amide bonds. The van der Waals surface area contributed by atoms with Gasteiger partial charge in [-0.15, -0.1) is 0 Å². The van der Waals surface area contributed by atoms with Crippen LogP contribution in [0, 0.1) is 5.21 Å². The van der Waals surface area contributed by atoms with Gasteiger partial charge in [-0.05, 0) is 12.8 Å². The average molecular weight is 339 g/mol. The zero-order chi connectivity index (χ0) is 17.3. The van der Waals surface area contributed by atoms with Gasteiger partial charge in [0.05, 0.1) is 20.2 Å². The zero-order valence-corrected chi connectivity index (χ0v) is 14.6. The smallest absolute Gasteiger partial charge is 0.223 e. The van der Waals surface area contributed by atoms with Crippen LogP contribution in [0.25, 0.3) is 0 Å². The van der Waals surface area contributed by atoms with Crippen LogP contribution in [0.15, 0.2) is 60.7 Å². The number of quaternary nitrogens is 1. The molecule has 4 rings (SSSR count). The summed E-state index contributed by atoms with van der Waals surface area (Å²) in [4.78, 5) is 0. The maximum Gasteiger partial charge on any atom is 0.223 e. The Hall–Kier alpha value is -1.72. The van der Waals surface area contributed by atoms with E-state index in [-0.39, 0.29) is 16.8 Å². The Balaban J connectivity index is 1.70. The van der Waals surface area contributed by atoms with Crippen molar-refractivity contribution in [1.29, 1.82) is 0 Å². The third-order valence-electron chi connectivity index (χ3n) is 5.56. The molecule has 0 bridgehead atoms. The first-order valence-electron chi connectivity index (χ1n) is 9.11. The molecule has 2 aromatic rings. The van der Waals surface area contributed by atoms with Crippen LogP contribution in [-0.4, -0.2) is 37.0 Å². The molecular weight excluding hydrogens is 314 g/mol. The highest BCUT2D eigenvalue weighted by Gasteiger charge is 2.50. The lowest BCUT2D eigenvalue weighted by molar-refractivity contribution is -0.895. The zero-order valence-electron chi connectivity index (χ0n) is 14.6. The molecule has 25 heavy (non-hydrogen) atoms. The lowest BCUT2D eigenvalue weighted by atomic mass is 9.96. The summed E-state index contributed by atoms with van der Waals surface area (Å²) in [7, 11) is 1.78. The maximum absolute atomic E-state index is 12.9. The van der Waals surface area contributed by atoms with E-state index in [0.717, 1.165) is 30.4 Å². The largest absolute Gasteiger partial charge is 0.633 e. The summed E-state index contributed by atoms with van der Waals surface area (Å²) in [6, 6.07) is 20.0. The molecular formula is C21H25NO3. The Kier molecular flexibility index (Phi) is 4.38. The molecule has 2 aliphatic heterocycles. The Morgan fingerprint density at radius 2 is 1.56 bits per heavy atom. The third kappa shape index (κ3) is 3.00. The fourth-order valence-electron chi connectivity index (χ4n) is 4.21. The molecule has 3 atom stereocenters. The first kappa shape index (κ1) is 16.7. The van der Waals surface area contributed by atoms with Gasteiger partial charge in [0.25, 0.3) is 0 Å². The summed E-state index contributed by atoms with van der Waals surface area (Å²) in [5, 5.41) is 12.9. The van der Waals surface area contributed by atoms with Crippen molar-refractivity contribution >= 4 is 0 Å². The molecule has 2 unspecified atom stereocenters. The van der Waals surface area contributed by atoms with E-state index in [2.05, 4.69) is 0 Å². The number of rotatable bonds is 3. The van der Waals surface area contributed by atoms with E-state index in [1.54, 1.807) is 7.05 Å². The minimum atomic E-state index is -0.926. The molecule has 0 aliphatic carbocycles. The quantitative estimate of drug-likeness (QED) is 0.631. The molecule has 0 N–H and O–H groups in total. The predicted octanol–water partition coefficient (Wildman–Crippen LogP) is 3.80. The normalized spacial score (nSPS) is 31.8. The second-order valence-corrected chi connectivity index (χ2v) is 7.28. The predicted molar refractivity (Wildman–Crippen MR) is 96.5 cm³/mol. The van der Waals surface area contributed by atoms with Gasteiger partial charge in [-0.1, -0.05) is 60.7 Å². The van der Waals surface area contributed by atoms with Gasteiger partial charge in [0.2, 0.25) is 5.79 Å². The van der Waals surface area contributed by atoms with Crippen LogP contribution in [0.2, 0.25) is 0 Å². The first-order chi connectivity index (χ1) is 12.1. The van der Waals surface area contributed by atoms with Crippen molar-refractivity contribution in [3.8, 4) is 0 Å². The fourth-order valence-corrected chi connectivity index (χ4v) is 4.21. The molecule has 2 fully saturated rings. The summed E-state index contributed by atoms with van der Waals surface area (Å²) in [6.45, 7) is 1.11. The van der Waals surface area contributed by atoms with Crippen LogP contribution >= 0.6 is 0 Å². The van der Waals surface area contributed by atoms with E-state index in [0.29, 0.717) is 13.2 Å². The van der Waals surface area contributed by atoms with Crippen molar-refractivity contribution in [2.75, 3.05) is 20.2 Å². The summed E-state index contributed by atoms with van der Waals surface area (Å²) < 4.78 is 12.6. The van der Waals surface area contributed by atoms with Crippen LogP contribution in [0.1, 0.15) is 30.4 Å². The summed E-state index contributed by atoms with van der Waals surface area (Å²) in [6.07, 6.45) is 2.79. The molecule has 4 nitrogen and oxygen atoms in total. The number of hydroxylamine groups is 3. The van der Waals surface area contributed by atoms with Gasteiger partial charge in [0.15, 0.2) is 0 Å². The molecule has 132 valence electrons. The van der Waals surface area contributed by atoms with Crippen LogP contribution in [0.5, 0.6) is 0 Å². The molecule has 2 aliphatic rings. The van der Waals surface area contributed by atoms with Gasteiger partial charge < -0.3 is 19.3 Å². The minimum Gasteiger partial charge on any atom is -0.633 e. The van der Waals surface area contributed by atoms with Crippen molar-refractivity contribution in [3.63, 3.8) is 0 Å². The van der Waals surface area contributed by atoms with E-state index in [1.165, 1.54) is 0 Å². The van der Waals surface area contributed by atoms with E-state index in [4.69, 9.17) is 9.47 Å². The highest BCUT2D eigenvalue weighted by Crippen LogP contribution is 2.43. The number of piperidine rings is 1. The first-order valence-corrected chi connectivity index (χ1v) is 9.11. The van der Waals surface area contributed by atoms with Crippen LogP contribution in [0.4, 0.5) is 0 Å². The second kappa shape index (κ2) is 6.54. The number of benzene rings is 2. The fraction of sp³-hybridized carbons (Fsp3) is 0.429. The highest BCUT2D eigenvalue weighted by molar-refractivity contribution is 5.34. The van der Waals surface area contributed by atoms with Gasteiger partial charge >= 0.3 is 0 Å². The van der Waals surface area contributed by atoms with Crippen molar-refractivity contribution in [2.45, 2.75) is 37.2 Å². The monoisotopic (exact) mass is 339 g/mol. The molecule has 2 heterocycles. The number of likely N-dealkylation sites (N-methyl/N-ethyl adjacent to an activating group) is 1. The summed E-state index contributed by atoms with van der Waals surface area (Å²) in [5.41, 5.74) is 1.94. The Morgan fingerprint density at radius 1 is 0.960 bits per heavy atom. The van der Waals surface area contributed by atoms with Gasteiger partial charge in [-0.2, -0.15) is 0 Å². The molecule has 0 spiro atoms. The van der Waals surface area contributed by atoms with Crippen molar-refractivity contribution in [3.05, 3.63) is 77.0 Å². The van der Waals surface area contributed by atoms with Crippen LogP contribution in [-0.2, 0) is 15.3 Å². The molecule has 0 radical (unpaired) electrons. The molecule has 2 aromatic carbocycles. The number of hydrogen-bond acceptors (Lipinski definition) is 3. The number of nitrogens with zero attached hydrogens (tertiary/aromatic N) is 1. The van der Waals surface area contributed by atoms with E-state index in [9.17, 15) is 5.21 Å². The van der Waals surface area contributed by atoms with Crippen molar-refractivity contribution < 1.29 is 14.1 Å². The Morgan fingerprint density at radius 3 is 2.12 bits per heavy atom. The number of likely N-dealkylation sites (tertiary alicyclic amines) is 1. The molecule has 4 heteroatoms. The number of hydrogen-bond donors (Lipinski definition) is 0.